The van der Waals surface area contributed by atoms with E-state index in [-0.39, 0.29) is 35.5 Å². The lowest BCUT2D eigenvalue weighted by Crippen LogP contribution is -2.28. The van der Waals surface area contributed by atoms with Crippen molar-refractivity contribution in [3.63, 3.8) is 0 Å². The minimum absolute atomic E-state index is 0.0860. The minimum atomic E-state index is -4.72. The van der Waals surface area contributed by atoms with Gasteiger partial charge in [-0.25, -0.2) is 9.98 Å². The molecule has 0 atom stereocenters. The molecular weight excluding hydrogens is 513 g/mol. The molecule has 1 aliphatic carbocycles. The van der Waals surface area contributed by atoms with Crippen molar-refractivity contribution >= 4 is 40.5 Å². The number of para-hydroxylation sites is 2. The number of nitrogens with two attached hydrogens (primary N) is 1. The van der Waals surface area contributed by atoms with E-state index in [2.05, 4.69) is 42.5 Å². The van der Waals surface area contributed by atoms with Crippen LogP contribution in [0, 0.1) is 0 Å². The number of nitrogens with one attached hydrogen (secondary N) is 3. The van der Waals surface area contributed by atoms with Crippen LogP contribution in [0.1, 0.15) is 31.2 Å². The molecule has 13 heteroatoms. The zero-order chi connectivity index (χ0) is 28.0. The van der Waals surface area contributed by atoms with Crippen LogP contribution in [-0.2, 0) is 6.18 Å². The van der Waals surface area contributed by atoms with Crippen LogP contribution in [0.5, 0.6) is 5.88 Å². The smallest absolute Gasteiger partial charge is 0.421 e. The summed E-state index contributed by atoms with van der Waals surface area (Å²) in [6.07, 6.45) is -0.0397. The second kappa shape index (κ2) is 12.0. The van der Waals surface area contributed by atoms with E-state index in [0.717, 1.165) is 12.8 Å². The number of aliphatic hydroxyl groups excluding tert-OH is 1. The van der Waals surface area contributed by atoms with Gasteiger partial charge in [0.25, 0.3) is 0 Å². The fraction of sp³-hybridized carbons (Fsp3) is 0.308. The third-order valence-corrected chi connectivity index (χ3v) is 6.03. The molecule has 1 fully saturated rings. The van der Waals surface area contributed by atoms with Crippen LogP contribution in [0.2, 0.25) is 0 Å². The quantitative estimate of drug-likeness (QED) is 0.180. The van der Waals surface area contributed by atoms with E-state index in [1.807, 2.05) is 0 Å². The van der Waals surface area contributed by atoms with E-state index in [9.17, 15) is 18.3 Å². The molecule has 2 aromatic heterocycles. The molecule has 2 heterocycles. The van der Waals surface area contributed by atoms with Crippen molar-refractivity contribution in [2.75, 3.05) is 23.1 Å². The van der Waals surface area contributed by atoms with Crippen molar-refractivity contribution in [2.24, 2.45) is 10.7 Å². The molecule has 0 bridgehead atoms. The standard InChI is InChI=1S/C26H29F3N8O2/c1-3-21(30)34-19-6-4-5-7-20(19)35-24-18(26(27,28)29)14-31-25(37-24)33-16-12-22(36-23(13-16)39-2)32-15-8-10-17(38)11-9-15/h3-7,12-15,17,38H,1,8-11H2,2H3,(H2,30,34)(H3,31,32,33,35,36,37). The first-order valence-corrected chi connectivity index (χ1v) is 12.2. The molecule has 0 radical (unpaired) electrons. The molecule has 4 rings (SSSR count). The number of aliphatic hydroxyl groups is 1. The second-order valence-corrected chi connectivity index (χ2v) is 8.89. The van der Waals surface area contributed by atoms with Gasteiger partial charge in [-0.05, 0) is 43.9 Å². The summed E-state index contributed by atoms with van der Waals surface area (Å²) >= 11 is 0. The summed E-state index contributed by atoms with van der Waals surface area (Å²) in [6, 6.07) is 9.85. The number of aliphatic imine (C=N–C) groups is 1. The largest absolute Gasteiger partial charge is 0.481 e. The van der Waals surface area contributed by atoms with E-state index in [0.29, 0.717) is 36.2 Å². The minimum Gasteiger partial charge on any atom is -0.481 e. The average Bonchev–Trinajstić information content (AvgIpc) is 2.90. The highest BCUT2D eigenvalue weighted by atomic mass is 19.4. The number of methoxy groups -OCH3 is 1. The average molecular weight is 543 g/mol. The van der Waals surface area contributed by atoms with Crippen molar-refractivity contribution in [3.8, 4) is 5.88 Å². The number of hydrogen-bond acceptors (Lipinski definition) is 9. The third kappa shape index (κ3) is 7.35. The first-order valence-electron chi connectivity index (χ1n) is 12.2. The van der Waals surface area contributed by atoms with Crippen molar-refractivity contribution in [3.05, 3.63) is 60.8 Å². The van der Waals surface area contributed by atoms with Gasteiger partial charge in [-0.3, -0.25) is 0 Å². The van der Waals surface area contributed by atoms with Gasteiger partial charge in [0.2, 0.25) is 11.8 Å². The number of halogens is 3. The monoisotopic (exact) mass is 542 g/mol. The van der Waals surface area contributed by atoms with E-state index < -0.39 is 17.6 Å². The number of pyridine rings is 1. The highest BCUT2D eigenvalue weighted by Crippen LogP contribution is 2.37. The molecule has 39 heavy (non-hydrogen) atoms. The fourth-order valence-electron chi connectivity index (χ4n) is 4.05. The van der Waals surface area contributed by atoms with Crippen LogP contribution < -0.4 is 26.4 Å². The lowest BCUT2D eigenvalue weighted by atomic mass is 9.93. The lowest BCUT2D eigenvalue weighted by molar-refractivity contribution is -0.137. The Labute approximate surface area is 223 Å². The summed E-state index contributed by atoms with van der Waals surface area (Å²) in [5.74, 6) is 0.341. The number of amidine groups is 1. The van der Waals surface area contributed by atoms with Crippen LogP contribution >= 0.6 is 0 Å². The zero-order valence-corrected chi connectivity index (χ0v) is 21.2. The summed E-state index contributed by atoms with van der Waals surface area (Å²) in [5.41, 5.74) is 5.69. The van der Waals surface area contributed by atoms with Crippen LogP contribution in [-0.4, -0.2) is 45.1 Å². The van der Waals surface area contributed by atoms with E-state index in [1.165, 1.54) is 13.2 Å². The molecule has 0 aliphatic heterocycles. The van der Waals surface area contributed by atoms with Gasteiger partial charge >= 0.3 is 6.18 Å². The fourth-order valence-corrected chi connectivity index (χ4v) is 4.05. The van der Waals surface area contributed by atoms with E-state index >= 15 is 0 Å². The number of anilines is 5. The summed E-state index contributed by atoms with van der Waals surface area (Å²) in [6.45, 7) is 3.54. The molecule has 0 amide bonds. The summed E-state index contributed by atoms with van der Waals surface area (Å²) in [7, 11) is 1.46. The van der Waals surface area contributed by atoms with Crippen LogP contribution in [0.4, 0.5) is 47.8 Å². The van der Waals surface area contributed by atoms with Crippen molar-refractivity contribution < 1.29 is 23.0 Å². The maximum Gasteiger partial charge on any atom is 0.421 e. The molecule has 10 nitrogen and oxygen atoms in total. The number of benzene rings is 1. The summed E-state index contributed by atoms with van der Waals surface area (Å²) < 4.78 is 46.8. The van der Waals surface area contributed by atoms with E-state index in [4.69, 9.17) is 10.5 Å². The van der Waals surface area contributed by atoms with Gasteiger partial charge in [0.15, 0.2) is 0 Å². The normalized spacial score (nSPS) is 17.8. The molecule has 206 valence electrons. The molecule has 6 N–H and O–H groups in total. The first kappa shape index (κ1) is 27.6. The zero-order valence-electron chi connectivity index (χ0n) is 21.2. The Morgan fingerprint density at radius 1 is 1.15 bits per heavy atom. The highest BCUT2D eigenvalue weighted by molar-refractivity contribution is 5.94. The van der Waals surface area contributed by atoms with Crippen LogP contribution in [0.3, 0.4) is 0 Å². The van der Waals surface area contributed by atoms with Gasteiger partial charge in [0.1, 0.15) is 23.0 Å². The molecule has 0 unspecified atom stereocenters. The van der Waals surface area contributed by atoms with E-state index in [1.54, 1.807) is 36.4 Å². The molecule has 1 aliphatic rings. The van der Waals surface area contributed by atoms with Crippen molar-refractivity contribution in [1.82, 2.24) is 15.0 Å². The van der Waals surface area contributed by atoms with Gasteiger partial charge < -0.3 is 31.5 Å². The first-order chi connectivity index (χ1) is 18.6. The van der Waals surface area contributed by atoms with Crippen LogP contribution in [0.25, 0.3) is 0 Å². The third-order valence-electron chi connectivity index (χ3n) is 6.03. The predicted octanol–water partition coefficient (Wildman–Crippen LogP) is 5.28. The summed E-state index contributed by atoms with van der Waals surface area (Å²) in [4.78, 5) is 16.6. The number of ether oxygens (including phenoxy) is 1. The predicted molar refractivity (Wildman–Crippen MR) is 144 cm³/mol. The SMILES string of the molecule is C=CC(N)=Nc1ccccc1Nc1nc(Nc2cc(NC3CCC(O)CC3)nc(OC)c2)ncc1C(F)(F)F. The molecule has 0 spiro atoms. The molecule has 0 saturated heterocycles. The second-order valence-electron chi connectivity index (χ2n) is 8.89. The Morgan fingerprint density at radius 2 is 1.90 bits per heavy atom. The highest BCUT2D eigenvalue weighted by Gasteiger charge is 2.35. The van der Waals surface area contributed by atoms with Crippen LogP contribution in [0.15, 0.2) is 60.2 Å². The van der Waals surface area contributed by atoms with Gasteiger partial charge in [0, 0.05) is 30.1 Å². The molecular formula is C26H29F3N8O2. The Kier molecular flexibility index (Phi) is 8.49. The molecule has 1 aromatic carbocycles. The topological polar surface area (TPSA) is 143 Å². The summed E-state index contributed by atoms with van der Waals surface area (Å²) in [5, 5.41) is 18.7. The number of rotatable bonds is 9. The Balaban J connectivity index is 1.63. The Morgan fingerprint density at radius 3 is 2.59 bits per heavy atom. The van der Waals surface area contributed by atoms with Crippen molar-refractivity contribution in [2.45, 2.75) is 44.0 Å². The van der Waals surface area contributed by atoms with Gasteiger partial charge in [-0.15, -0.1) is 0 Å². The Bertz CT molecular complexity index is 1340. The number of aromatic nitrogens is 3. The maximum absolute atomic E-state index is 13.8. The number of alkyl halides is 3. The maximum atomic E-state index is 13.8. The molecule has 1 saturated carbocycles. The van der Waals surface area contributed by atoms with Gasteiger partial charge in [-0.1, -0.05) is 18.7 Å². The van der Waals surface area contributed by atoms with Crippen molar-refractivity contribution in [1.29, 1.82) is 0 Å². The number of hydrogen-bond donors (Lipinski definition) is 5. The Hall–Kier alpha value is -4.39. The molecule has 3 aromatic rings. The van der Waals surface area contributed by atoms with Gasteiger partial charge in [-0.2, -0.15) is 23.1 Å². The lowest BCUT2D eigenvalue weighted by Gasteiger charge is -2.26. The van der Waals surface area contributed by atoms with Gasteiger partial charge in [0.05, 0.1) is 24.6 Å². The number of nitrogens with zero attached hydrogens (tertiary/aromatic N) is 4.